The quantitative estimate of drug-likeness (QED) is 0.598. The van der Waals surface area contributed by atoms with Crippen molar-refractivity contribution in [1.82, 2.24) is 0 Å². The van der Waals surface area contributed by atoms with Crippen LogP contribution in [0, 0.1) is 0 Å². The lowest BCUT2D eigenvalue weighted by Crippen LogP contribution is -1.93. The molecular weight excluding hydrogens is 136 g/mol. The molecule has 0 saturated carbocycles. The van der Waals surface area contributed by atoms with E-state index in [0.29, 0.717) is 17.9 Å². The third-order valence-corrected chi connectivity index (χ3v) is 1.43. The Morgan fingerprint density at radius 3 is 2.56 bits per heavy atom. The van der Waals surface area contributed by atoms with Gasteiger partial charge < -0.3 is 0 Å². The zero-order chi connectivity index (χ0) is 7.28. The number of Topliss-reactive ketones (excluding diaryl/α,β-unsaturated/α-hetero) is 1. The summed E-state index contributed by atoms with van der Waals surface area (Å²) in [5, 5.41) is 0.641. The molecule has 0 unspecified atom stereocenters. The Morgan fingerprint density at radius 2 is 2.22 bits per heavy atom. The number of carbonyl (C=O) groups excluding carboxylic acids is 1. The summed E-state index contributed by atoms with van der Waals surface area (Å²) in [5.74, 6) is 0.193. The lowest BCUT2D eigenvalue weighted by Gasteiger charge is -1.92. The Balaban J connectivity index is 3.60. The Morgan fingerprint density at radius 1 is 1.67 bits per heavy atom. The van der Waals surface area contributed by atoms with E-state index in [2.05, 4.69) is 0 Å². The lowest BCUT2D eigenvalue weighted by atomic mass is 10.2. The molecule has 0 rings (SSSR count). The number of hydrogen-bond acceptors (Lipinski definition) is 1. The molecule has 0 aromatic heterocycles. The summed E-state index contributed by atoms with van der Waals surface area (Å²) >= 11 is 5.58. The minimum atomic E-state index is 0.193. The van der Waals surface area contributed by atoms with E-state index in [4.69, 9.17) is 11.6 Å². The predicted molar refractivity (Wildman–Crippen MR) is 39.5 cm³/mol. The number of carbonyl (C=O) groups is 1. The average Bonchev–Trinajstić information content (AvgIpc) is 1.87. The van der Waals surface area contributed by atoms with Gasteiger partial charge in [0.25, 0.3) is 0 Å². The molecule has 2 heteroatoms. The molecule has 0 fully saturated rings. The minimum absolute atomic E-state index is 0.193. The standard InChI is InChI=1S/C7H11ClO/c1-3-6(8)5-7(9)4-2/h3H,4-5H2,1-2H3/b6-3-. The summed E-state index contributed by atoms with van der Waals surface area (Å²) in [4.78, 5) is 10.7. The molecule has 0 atom stereocenters. The second-order valence-electron chi connectivity index (χ2n) is 1.80. The fourth-order valence-electron chi connectivity index (χ4n) is 0.415. The number of halogens is 1. The van der Waals surface area contributed by atoms with E-state index in [1.807, 2.05) is 13.8 Å². The molecule has 0 amide bonds. The van der Waals surface area contributed by atoms with Crippen LogP contribution < -0.4 is 0 Å². The van der Waals surface area contributed by atoms with Gasteiger partial charge in [0.15, 0.2) is 0 Å². The largest absolute Gasteiger partial charge is 0.299 e. The normalized spacial score (nSPS) is 11.7. The fourth-order valence-corrected chi connectivity index (χ4v) is 0.564. The van der Waals surface area contributed by atoms with Crippen LogP contribution in [0.3, 0.4) is 0 Å². The number of ketones is 1. The van der Waals surface area contributed by atoms with Crippen LogP contribution in [-0.4, -0.2) is 5.78 Å². The van der Waals surface area contributed by atoms with Crippen LogP contribution in [0.25, 0.3) is 0 Å². The molecule has 0 aliphatic rings. The molecule has 0 aliphatic heterocycles. The first-order valence-corrected chi connectivity index (χ1v) is 3.40. The van der Waals surface area contributed by atoms with Crippen molar-refractivity contribution in [1.29, 1.82) is 0 Å². The van der Waals surface area contributed by atoms with Crippen molar-refractivity contribution < 1.29 is 4.79 Å². The molecule has 0 saturated heterocycles. The van der Waals surface area contributed by atoms with Crippen molar-refractivity contribution in [3.63, 3.8) is 0 Å². The maximum atomic E-state index is 10.7. The summed E-state index contributed by atoms with van der Waals surface area (Å²) in [6.07, 6.45) is 2.72. The average molecular weight is 147 g/mol. The third-order valence-electron chi connectivity index (χ3n) is 1.07. The first-order valence-electron chi connectivity index (χ1n) is 3.03. The highest BCUT2D eigenvalue weighted by Crippen LogP contribution is 2.07. The highest BCUT2D eigenvalue weighted by Gasteiger charge is 1.98. The van der Waals surface area contributed by atoms with Gasteiger partial charge in [0.2, 0.25) is 0 Å². The van der Waals surface area contributed by atoms with Crippen molar-refractivity contribution in [2.75, 3.05) is 0 Å². The molecule has 0 aliphatic carbocycles. The zero-order valence-corrected chi connectivity index (χ0v) is 6.53. The Kier molecular flexibility index (Phi) is 4.41. The third kappa shape index (κ3) is 4.22. The van der Waals surface area contributed by atoms with Crippen molar-refractivity contribution in [2.24, 2.45) is 0 Å². The van der Waals surface area contributed by atoms with E-state index in [1.54, 1.807) is 6.08 Å². The highest BCUT2D eigenvalue weighted by molar-refractivity contribution is 6.30. The molecule has 52 valence electrons. The first-order chi connectivity index (χ1) is 4.20. The van der Waals surface area contributed by atoms with Crippen molar-refractivity contribution in [3.05, 3.63) is 11.1 Å². The molecular formula is C7H11ClO. The predicted octanol–water partition coefficient (Wildman–Crippen LogP) is 2.50. The van der Waals surface area contributed by atoms with Crippen molar-refractivity contribution in [2.45, 2.75) is 26.7 Å². The molecule has 0 aromatic carbocycles. The first kappa shape index (κ1) is 8.70. The SMILES string of the molecule is C/C=C(\Cl)CC(=O)CC. The molecule has 1 nitrogen and oxygen atoms in total. The number of hydrogen-bond donors (Lipinski definition) is 0. The van der Waals surface area contributed by atoms with Gasteiger partial charge >= 0.3 is 0 Å². The molecule has 9 heavy (non-hydrogen) atoms. The van der Waals surface area contributed by atoms with Gasteiger partial charge in [-0.25, -0.2) is 0 Å². The van der Waals surface area contributed by atoms with Crippen LogP contribution in [0.2, 0.25) is 0 Å². The number of rotatable bonds is 3. The summed E-state index contributed by atoms with van der Waals surface area (Å²) in [5.41, 5.74) is 0. The van der Waals surface area contributed by atoms with Gasteiger partial charge in [0.05, 0.1) is 0 Å². The summed E-state index contributed by atoms with van der Waals surface area (Å²) < 4.78 is 0. The maximum absolute atomic E-state index is 10.7. The second-order valence-corrected chi connectivity index (χ2v) is 2.29. The van der Waals surface area contributed by atoms with Crippen LogP contribution in [0.5, 0.6) is 0 Å². The Hall–Kier alpha value is -0.300. The molecule has 0 spiro atoms. The van der Waals surface area contributed by atoms with Crippen LogP contribution in [0.4, 0.5) is 0 Å². The highest BCUT2D eigenvalue weighted by atomic mass is 35.5. The Labute approximate surface area is 60.7 Å². The lowest BCUT2D eigenvalue weighted by molar-refractivity contribution is -0.118. The topological polar surface area (TPSA) is 17.1 Å². The molecule has 0 aromatic rings. The van der Waals surface area contributed by atoms with E-state index in [1.165, 1.54) is 0 Å². The molecule has 0 bridgehead atoms. The monoisotopic (exact) mass is 146 g/mol. The molecule has 0 heterocycles. The van der Waals surface area contributed by atoms with Gasteiger partial charge in [-0.1, -0.05) is 24.6 Å². The van der Waals surface area contributed by atoms with Gasteiger partial charge in [-0.2, -0.15) is 0 Å². The Bertz CT molecular complexity index is 127. The molecule has 0 radical (unpaired) electrons. The van der Waals surface area contributed by atoms with Gasteiger partial charge in [-0.05, 0) is 6.92 Å². The van der Waals surface area contributed by atoms with Gasteiger partial charge in [0, 0.05) is 17.9 Å². The molecule has 0 N–H and O–H groups in total. The second kappa shape index (κ2) is 4.57. The van der Waals surface area contributed by atoms with Crippen LogP contribution in [0.1, 0.15) is 26.7 Å². The van der Waals surface area contributed by atoms with Gasteiger partial charge in [0.1, 0.15) is 5.78 Å². The van der Waals surface area contributed by atoms with E-state index in [9.17, 15) is 4.79 Å². The van der Waals surface area contributed by atoms with E-state index in [0.717, 1.165) is 0 Å². The van der Waals surface area contributed by atoms with Crippen LogP contribution in [-0.2, 0) is 4.79 Å². The number of allylic oxidation sites excluding steroid dienone is 2. The summed E-state index contributed by atoms with van der Waals surface area (Å²) in [6, 6.07) is 0. The van der Waals surface area contributed by atoms with E-state index in [-0.39, 0.29) is 5.78 Å². The fraction of sp³-hybridized carbons (Fsp3) is 0.571. The summed E-state index contributed by atoms with van der Waals surface area (Å²) in [6.45, 7) is 3.66. The van der Waals surface area contributed by atoms with E-state index < -0.39 is 0 Å². The van der Waals surface area contributed by atoms with Crippen LogP contribution in [0.15, 0.2) is 11.1 Å². The maximum Gasteiger partial charge on any atom is 0.137 e. The minimum Gasteiger partial charge on any atom is -0.299 e. The van der Waals surface area contributed by atoms with Gasteiger partial charge in [-0.15, -0.1) is 0 Å². The van der Waals surface area contributed by atoms with Crippen molar-refractivity contribution in [3.8, 4) is 0 Å². The zero-order valence-electron chi connectivity index (χ0n) is 5.78. The summed E-state index contributed by atoms with van der Waals surface area (Å²) in [7, 11) is 0. The van der Waals surface area contributed by atoms with Gasteiger partial charge in [-0.3, -0.25) is 4.79 Å². The van der Waals surface area contributed by atoms with Crippen molar-refractivity contribution >= 4 is 17.4 Å². The smallest absolute Gasteiger partial charge is 0.137 e. The van der Waals surface area contributed by atoms with Crippen LogP contribution >= 0.6 is 11.6 Å². The van der Waals surface area contributed by atoms with E-state index >= 15 is 0 Å².